The number of rotatable bonds is 4. The zero-order valence-corrected chi connectivity index (χ0v) is 14.8. The summed E-state index contributed by atoms with van der Waals surface area (Å²) >= 11 is 0. The molecule has 5 atom stereocenters. The number of furan rings is 1. The lowest BCUT2D eigenvalue weighted by Crippen LogP contribution is -2.28. The molecule has 0 radical (unpaired) electrons. The number of fused-ring (bicyclic) bond motifs is 2. The normalized spacial score (nSPS) is 29.8. The summed E-state index contributed by atoms with van der Waals surface area (Å²) in [6.45, 7) is 4.18. The summed E-state index contributed by atoms with van der Waals surface area (Å²) in [5.74, 6) is 1.94. The van der Waals surface area contributed by atoms with Gasteiger partial charge in [0.25, 0.3) is 0 Å². The molecule has 4 rings (SSSR count). The highest BCUT2D eigenvalue weighted by atomic mass is 32.2. The van der Waals surface area contributed by atoms with Crippen LogP contribution in [0.15, 0.2) is 50.8 Å². The predicted molar refractivity (Wildman–Crippen MR) is 92.4 cm³/mol. The molecule has 0 spiro atoms. The van der Waals surface area contributed by atoms with Crippen LogP contribution in [-0.4, -0.2) is 9.99 Å². The third kappa shape index (κ3) is 2.48. The van der Waals surface area contributed by atoms with Crippen LogP contribution in [0.5, 0.6) is 0 Å². The second kappa shape index (κ2) is 5.99. The Morgan fingerprint density at radius 2 is 1.83 bits per heavy atom. The molecule has 3 nitrogen and oxygen atoms in total. The molecule has 0 N–H and O–H groups in total. The van der Waals surface area contributed by atoms with Crippen molar-refractivity contribution < 1.29 is 13.4 Å². The maximum absolute atomic E-state index is 13.1. The number of aryl methyl sites for hydroxylation is 1. The average Bonchev–Trinajstić information content (AvgIpc) is 3.30. The fraction of sp³-hybridized carbons (Fsp3) is 0.450. The van der Waals surface area contributed by atoms with E-state index in [9.17, 15) is 9.00 Å². The van der Waals surface area contributed by atoms with Crippen LogP contribution >= 0.6 is 0 Å². The van der Waals surface area contributed by atoms with E-state index < -0.39 is 10.8 Å². The van der Waals surface area contributed by atoms with Gasteiger partial charge in [0.05, 0.1) is 22.0 Å². The van der Waals surface area contributed by atoms with Crippen molar-refractivity contribution in [1.29, 1.82) is 0 Å². The van der Waals surface area contributed by atoms with Crippen LogP contribution in [0.2, 0.25) is 0 Å². The van der Waals surface area contributed by atoms with Crippen molar-refractivity contribution in [2.45, 2.75) is 42.9 Å². The van der Waals surface area contributed by atoms with Gasteiger partial charge in [-0.25, -0.2) is 4.21 Å². The fourth-order valence-electron chi connectivity index (χ4n) is 4.60. The molecule has 0 aliphatic heterocycles. The molecule has 0 saturated heterocycles. The number of hydrogen-bond donors (Lipinski definition) is 0. The van der Waals surface area contributed by atoms with Gasteiger partial charge in [0.15, 0.2) is 5.76 Å². The summed E-state index contributed by atoms with van der Waals surface area (Å²) in [7, 11) is -1.38. The van der Waals surface area contributed by atoms with Crippen molar-refractivity contribution in [2.75, 3.05) is 0 Å². The molecule has 2 bridgehead atoms. The van der Waals surface area contributed by atoms with E-state index in [0.29, 0.717) is 33.3 Å². The van der Waals surface area contributed by atoms with Crippen molar-refractivity contribution in [3.05, 3.63) is 47.9 Å². The molecule has 2 fully saturated rings. The van der Waals surface area contributed by atoms with Gasteiger partial charge in [-0.3, -0.25) is 4.79 Å². The van der Waals surface area contributed by atoms with E-state index in [0.717, 1.165) is 18.4 Å². The molecule has 1 aromatic carbocycles. The molecule has 126 valence electrons. The molecule has 0 unspecified atom stereocenters. The van der Waals surface area contributed by atoms with Gasteiger partial charge in [0.1, 0.15) is 0 Å². The van der Waals surface area contributed by atoms with Gasteiger partial charge in [-0.1, -0.05) is 24.6 Å². The summed E-state index contributed by atoms with van der Waals surface area (Å²) in [4.78, 5) is 14.3. The van der Waals surface area contributed by atoms with E-state index in [-0.39, 0.29) is 11.7 Å². The van der Waals surface area contributed by atoms with E-state index >= 15 is 0 Å². The second-order valence-electron chi connectivity index (χ2n) is 7.28. The van der Waals surface area contributed by atoms with E-state index in [2.05, 4.69) is 6.92 Å². The van der Waals surface area contributed by atoms with Gasteiger partial charge in [-0.15, -0.1) is 0 Å². The first-order chi connectivity index (χ1) is 11.6. The number of hydrogen-bond acceptors (Lipinski definition) is 3. The van der Waals surface area contributed by atoms with Crippen LogP contribution < -0.4 is 0 Å². The zero-order valence-electron chi connectivity index (χ0n) is 14.0. The predicted octanol–water partition coefficient (Wildman–Crippen LogP) is 4.62. The van der Waals surface area contributed by atoms with Crippen molar-refractivity contribution in [3.8, 4) is 0 Å². The summed E-state index contributed by atoms with van der Waals surface area (Å²) in [6, 6.07) is 9.26. The monoisotopic (exact) mass is 342 g/mol. The lowest BCUT2D eigenvalue weighted by Gasteiger charge is -2.26. The third-order valence-electron chi connectivity index (χ3n) is 5.92. The molecule has 2 aliphatic carbocycles. The van der Waals surface area contributed by atoms with Gasteiger partial charge in [0, 0.05) is 10.8 Å². The molecule has 1 heterocycles. The first-order valence-electron chi connectivity index (χ1n) is 8.66. The Morgan fingerprint density at radius 3 is 2.50 bits per heavy atom. The number of benzene rings is 1. The van der Waals surface area contributed by atoms with Crippen LogP contribution in [0.25, 0.3) is 0 Å². The number of Topliss-reactive ketones (excluding diaryl/α,β-unsaturated/α-hetero) is 1. The quantitative estimate of drug-likeness (QED) is 0.762. The standard InChI is InChI=1S/C20H22O3S/c1-12-3-7-16(8-4-12)24(22)17-9-10-23-20(17)19(21)18-13(2)14-5-6-15(18)11-14/h3-4,7-10,13-15,18H,5-6,11H2,1-2H3/t13-,14+,15-,18+,24+/m1/s1. The van der Waals surface area contributed by atoms with Crippen molar-refractivity contribution >= 4 is 16.6 Å². The van der Waals surface area contributed by atoms with Gasteiger partial charge in [0.2, 0.25) is 5.78 Å². The van der Waals surface area contributed by atoms with Crippen molar-refractivity contribution in [3.63, 3.8) is 0 Å². The Labute approximate surface area is 144 Å². The summed E-state index contributed by atoms with van der Waals surface area (Å²) in [6.07, 6.45) is 5.04. The number of carbonyl (C=O) groups is 1. The number of ketones is 1. The van der Waals surface area contributed by atoms with Crippen LogP contribution in [0.3, 0.4) is 0 Å². The van der Waals surface area contributed by atoms with E-state index in [1.807, 2.05) is 31.2 Å². The Balaban J connectivity index is 1.64. The highest BCUT2D eigenvalue weighted by Gasteiger charge is 2.49. The molecule has 2 aliphatic rings. The molecule has 0 amide bonds. The second-order valence-corrected chi connectivity index (χ2v) is 8.73. The van der Waals surface area contributed by atoms with Crippen molar-refractivity contribution in [1.82, 2.24) is 0 Å². The Hall–Kier alpha value is -1.68. The minimum absolute atomic E-state index is 0.0312. The van der Waals surface area contributed by atoms with Gasteiger partial charge >= 0.3 is 0 Å². The first-order valence-corrected chi connectivity index (χ1v) is 9.81. The molecular weight excluding hydrogens is 320 g/mol. The van der Waals surface area contributed by atoms with Crippen LogP contribution in [0, 0.1) is 30.6 Å². The maximum atomic E-state index is 13.1. The lowest BCUT2D eigenvalue weighted by molar-refractivity contribution is 0.0787. The molecule has 2 aromatic rings. The van der Waals surface area contributed by atoms with E-state index in [1.54, 1.807) is 6.07 Å². The molecule has 24 heavy (non-hydrogen) atoms. The minimum Gasteiger partial charge on any atom is -0.460 e. The summed E-state index contributed by atoms with van der Waals surface area (Å²) in [5, 5.41) is 0. The minimum atomic E-state index is -1.38. The largest absolute Gasteiger partial charge is 0.460 e. The number of carbonyl (C=O) groups excluding carboxylic acids is 1. The summed E-state index contributed by atoms with van der Waals surface area (Å²) < 4.78 is 18.4. The Kier molecular flexibility index (Phi) is 3.95. The first kappa shape index (κ1) is 15.8. The Bertz CT molecular complexity index is 787. The maximum Gasteiger partial charge on any atom is 0.202 e. The third-order valence-corrected chi connectivity index (χ3v) is 7.34. The van der Waals surface area contributed by atoms with Crippen molar-refractivity contribution in [2.24, 2.45) is 23.7 Å². The Morgan fingerprint density at radius 1 is 1.12 bits per heavy atom. The van der Waals surface area contributed by atoms with Gasteiger partial charge < -0.3 is 4.42 Å². The van der Waals surface area contributed by atoms with Gasteiger partial charge in [-0.2, -0.15) is 0 Å². The fourth-order valence-corrected chi connectivity index (χ4v) is 5.73. The van der Waals surface area contributed by atoms with Crippen LogP contribution in [-0.2, 0) is 10.8 Å². The van der Waals surface area contributed by atoms with Crippen LogP contribution in [0.4, 0.5) is 0 Å². The molecule has 4 heteroatoms. The highest BCUT2D eigenvalue weighted by Crippen LogP contribution is 2.53. The lowest BCUT2D eigenvalue weighted by atomic mass is 9.77. The SMILES string of the molecule is Cc1ccc([S@](=O)c2ccoc2C(=O)[C@@H]2[C@@H]3CC[C@@H](C3)[C@H]2C)cc1. The molecule has 2 saturated carbocycles. The molecule has 1 aromatic heterocycles. The van der Waals surface area contributed by atoms with E-state index in [1.165, 1.54) is 12.7 Å². The zero-order chi connectivity index (χ0) is 16.8. The molecular formula is C20H22O3S. The topological polar surface area (TPSA) is 47.3 Å². The van der Waals surface area contributed by atoms with Crippen LogP contribution in [0.1, 0.15) is 42.3 Å². The highest BCUT2D eigenvalue weighted by molar-refractivity contribution is 7.85. The van der Waals surface area contributed by atoms with Gasteiger partial charge in [-0.05, 0) is 62.1 Å². The smallest absolute Gasteiger partial charge is 0.202 e. The average molecular weight is 342 g/mol. The van der Waals surface area contributed by atoms with E-state index in [4.69, 9.17) is 4.42 Å². The summed E-state index contributed by atoms with van der Waals surface area (Å²) in [5.41, 5.74) is 1.12.